The normalized spacial score (nSPS) is 16.9. The first-order chi connectivity index (χ1) is 10.6. The highest BCUT2D eigenvalue weighted by atomic mass is 32.1. The number of anilines is 1. The number of thiophene rings is 1. The summed E-state index contributed by atoms with van der Waals surface area (Å²) in [6, 6.07) is 3.21. The number of nitrogens with zero attached hydrogens (tertiary/aromatic N) is 1. The molecule has 0 saturated carbocycles. The number of hydrogen-bond acceptors (Lipinski definition) is 4. The largest absolute Gasteiger partial charge is 0.478 e. The number of rotatable bonds is 3. The first-order valence-electron chi connectivity index (χ1n) is 7.15. The number of fused-ring (bicyclic) bond motifs is 1. The average molecular weight is 316 g/mol. The number of aromatic carboxylic acids is 1. The molecule has 3 rings (SSSR count). The van der Waals surface area contributed by atoms with E-state index in [1.165, 1.54) is 23.7 Å². The van der Waals surface area contributed by atoms with Crippen LogP contribution in [0.3, 0.4) is 0 Å². The maximum Gasteiger partial charge on any atom is 0.339 e. The molecule has 0 spiro atoms. The average Bonchev–Trinajstić information content (AvgIpc) is 2.85. The molecule has 2 aromatic heterocycles. The number of carboxylic acids is 1. The van der Waals surface area contributed by atoms with E-state index < -0.39 is 5.97 Å². The van der Waals surface area contributed by atoms with Gasteiger partial charge in [0.25, 0.3) is 5.91 Å². The smallest absolute Gasteiger partial charge is 0.339 e. The quantitative estimate of drug-likeness (QED) is 0.911. The van der Waals surface area contributed by atoms with Gasteiger partial charge in [0.05, 0.1) is 5.56 Å². The maximum absolute atomic E-state index is 12.2. The Bertz CT molecular complexity index is 724. The predicted octanol–water partition coefficient (Wildman–Crippen LogP) is 3.22. The summed E-state index contributed by atoms with van der Waals surface area (Å²) in [5.74, 6) is -0.731. The molecule has 0 bridgehead atoms. The van der Waals surface area contributed by atoms with Crippen molar-refractivity contribution in [1.29, 1.82) is 0 Å². The van der Waals surface area contributed by atoms with Crippen molar-refractivity contribution >= 4 is 28.2 Å². The second-order valence-corrected chi connectivity index (χ2v) is 6.66. The lowest BCUT2D eigenvalue weighted by molar-refractivity contribution is 0.0697. The topological polar surface area (TPSA) is 79.3 Å². The van der Waals surface area contributed by atoms with E-state index in [1.807, 2.05) is 0 Å². The zero-order valence-corrected chi connectivity index (χ0v) is 12.9. The Balaban J connectivity index is 1.94. The molecule has 114 valence electrons. The molecular weight excluding hydrogens is 300 g/mol. The van der Waals surface area contributed by atoms with Crippen LogP contribution in [-0.4, -0.2) is 22.0 Å². The number of amides is 1. The Hall–Kier alpha value is -2.21. The van der Waals surface area contributed by atoms with Gasteiger partial charge in [-0.3, -0.25) is 9.78 Å². The molecule has 1 aliphatic rings. The van der Waals surface area contributed by atoms with E-state index in [1.54, 1.807) is 12.1 Å². The van der Waals surface area contributed by atoms with Crippen molar-refractivity contribution in [2.24, 2.45) is 5.92 Å². The van der Waals surface area contributed by atoms with E-state index in [2.05, 4.69) is 17.2 Å². The van der Waals surface area contributed by atoms with Gasteiger partial charge in [-0.15, -0.1) is 11.3 Å². The third-order valence-electron chi connectivity index (χ3n) is 3.90. The summed E-state index contributed by atoms with van der Waals surface area (Å²) in [6.07, 6.45) is 5.70. The second-order valence-electron chi connectivity index (χ2n) is 5.55. The van der Waals surface area contributed by atoms with Crippen LogP contribution in [-0.2, 0) is 12.8 Å². The third-order valence-corrected chi connectivity index (χ3v) is 5.06. The first kappa shape index (κ1) is 14.7. The number of nitrogens with one attached hydrogen (secondary N) is 1. The van der Waals surface area contributed by atoms with Crippen LogP contribution >= 0.6 is 11.3 Å². The predicted molar refractivity (Wildman–Crippen MR) is 84.7 cm³/mol. The van der Waals surface area contributed by atoms with Crippen LogP contribution in [0.4, 0.5) is 5.00 Å². The van der Waals surface area contributed by atoms with Gasteiger partial charge in [-0.25, -0.2) is 4.79 Å². The van der Waals surface area contributed by atoms with Crippen LogP contribution in [0.15, 0.2) is 24.5 Å². The van der Waals surface area contributed by atoms with E-state index in [0.717, 1.165) is 29.7 Å². The second kappa shape index (κ2) is 5.88. The molecule has 22 heavy (non-hydrogen) atoms. The Morgan fingerprint density at radius 2 is 2.09 bits per heavy atom. The van der Waals surface area contributed by atoms with E-state index in [4.69, 9.17) is 0 Å². The van der Waals surface area contributed by atoms with Gasteiger partial charge in [-0.05, 0) is 42.9 Å². The molecule has 2 heterocycles. The van der Waals surface area contributed by atoms with Gasteiger partial charge in [0.15, 0.2) is 0 Å². The lowest BCUT2D eigenvalue weighted by Crippen LogP contribution is -2.15. The lowest BCUT2D eigenvalue weighted by atomic mass is 9.88. The molecule has 5 nitrogen and oxygen atoms in total. The van der Waals surface area contributed by atoms with Gasteiger partial charge < -0.3 is 10.4 Å². The molecular formula is C16H16N2O3S. The van der Waals surface area contributed by atoms with E-state index in [-0.39, 0.29) is 11.5 Å². The fourth-order valence-corrected chi connectivity index (χ4v) is 4.14. The molecule has 6 heteroatoms. The highest BCUT2D eigenvalue weighted by Crippen LogP contribution is 2.39. The lowest BCUT2D eigenvalue weighted by Gasteiger charge is -2.17. The minimum absolute atomic E-state index is 0.259. The van der Waals surface area contributed by atoms with Crippen molar-refractivity contribution in [3.05, 3.63) is 46.1 Å². The molecule has 0 saturated heterocycles. The molecule has 1 aliphatic carbocycles. The van der Waals surface area contributed by atoms with Crippen LogP contribution < -0.4 is 5.32 Å². The number of aromatic nitrogens is 1. The van der Waals surface area contributed by atoms with Crippen LogP contribution in [0.1, 0.15) is 44.5 Å². The zero-order valence-electron chi connectivity index (χ0n) is 12.1. The standard InChI is InChI=1S/C16H16N2O3S/c1-9-2-3-11-12(8-9)22-15(13(11)16(20)21)18-14(19)10-4-6-17-7-5-10/h4-7,9H,2-3,8H2,1H3,(H,18,19)(H,20,21). The van der Waals surface area contributed by atoms with Crippen molar-refractivity contribution in [2.45, 2.75) is 26.2 Å². The number of carbonyl (C=O) groups is 2. The molecule has 0 aromatic carbocycles. The molecule has 1 atom stereocenters. The minimum atomic E-state index is -0.975. The van der Waals surface area contributed by atoms with Crippen molar-refractivity contribution in [3.63, 3.8) is 0 Å². The van der Waals surface area contributed by atoms with Gasteiger partial charge in [0.2, 0.25) is 0 Å². The number of hydrogen-bond donors (Lipinski definition) is 2. The summed E-state index contributed by atoms with van der Waals surface area (Å²) >= 11 is 1.39. The Kier molecular flexibility index (Phi) is 3.94. The highest BCUT2D eigenvalue weighted by molar-refractivity contribution is 7.17. The van der Waals surface area contributed by atoms with Gasteiger partial charge in [0.1, 0.15) is 5.00 Å². The Labute approximate surface area is 132 Å². The number of pyridine rings is 1. The molecule has 2 aromatic rings. The summed E-state index contributed by atoms with van der Waals surface area (Å²) in [7, 11) is 0. The molecule has 1 amide bonds. The van der Waals surface area contributed by atoms with E-state index in [0.29, 0.717) is 16.5 Å². The van der Waals surface area contributed by atoms with Crippen LogP contribution in [0, 0.1) is 5.92 Å². The molecule has 2 N–H and O–H groups in total. The number of carboxylic acid groups (broad SMARTS) is 1. The number of carbonyl (C=O) groups excluding carboxylic acids is 1. The van der Waals surface area contributed by atoms with Crippen molar-refractivity contribution in [3.8, 4) is 0 Å². The molecule has 1 unspecified atom stereocenters. The summed E-state index contributed by atoms with van der Waals surface area (Å²) in [4.78, 5) is 28.8. The Morgan fingerprint density at radius 3 is 2.77 bits per heavy atom. The monoisotopic (exact) mass is 316 g/mol. The Morgan fingerprint density at radius 1 is 1.36 bits per heavy atom. The first-order valence-corrected chi connectivity index (χ1v) is 7.97. The summed E-state index contributed by atoms with van der Waals surface area (Å²) < 4.78 is 0. The molecule has 0 fully saturated rings. The fraction of sp³-hybridized carbons (Fsp3) is 0.312. The molecule has 0 aliphatic heterocycles. The molecule has 0 radical (unpaired) electrons. The minimum Gasteiger partial charge on any atom is -0.478 e. The van der Waals surface area contributed by atoms with E-state index >= 15 is 0 Å². The fourth-order valence-electron chi connectivity index (χ4n) is 2.74. The van der Waals surface area contributed by atoms with E-state index in [9.17, 15) is 14.7 Å². The van der Waals surface area contributed by atoms with Gasteiger partial charge in [-0.2, -0.15) is 0 Å². The van der Waals surface area contributed by atoms with Crippen LogP contribution in [0.2, 0.25) is 0 Å². The van der Waals surface area contributed by atoms with Crippen molar-refractivity contribution in [1.82, 2.24) is 4.98 Å². The van der Waals surface area contributed by atoms with Gasteiger partial charge in [-0.1, -0.05) is 6.92 Å². The van der Waals surface area contributed by atoms with Crippen molar-refractivity contribution in [2.75, 3.05) is 5.32 Å². The summed E-state index contributed by atoms with van der Waals surface area (Å²) in [5, 5.41) is 12.7. The van der Waals surface area contributed by atoms with Gasteiger partial charge >= 0.3 is 5.97 Å². The van der Waals surface area contributed by atoms with Crippen LogP contribution in [0.25, 0.3) is 0 Å². The van der Waals surface area contributed by atoms with Gasteiger partial charge in [0, 0.05) is 22.8 Å². The maximum atomic E-state index is 12.2. The summed E-state index contributed by atoms with van der Waals surface area (Å²) in [5.41, 5.74) is 1.61. The highest BCUT2D eigenvalue weighted by Gasteiger charge is 2.28. The third kappa shape index (κ3) is 2.74. The zero-order chi connectivity index (χ0) is 15.7. The summed E-state index contributed by atoms with van der Waals surface area (Å²) in [6.45, 7) is 2.17. The van der Waals surface area contributed by atoms with Crippen molar-refractivity contribution < 1.29 is 14.7 Å². The SMILES string of the molecule is CC1CCc2c(sc(NC(=O)c3ccncc3)c2C(=O)O)C1. The van der Waals surface area contributed by atoms with Crippen LogP contribution in [0.5, 0.6) is 0 Å².